The van der Waals surface area contributed by atoms with Crippen molar-refractivity contribution in [3.8, 4) is 39.8 Å². The number of hydrogen-bond donors (Lipinski definition) is 0. The van der Waals surface area contributed by atoms with Crippen LogP contribution in [-0.2, 0) is 26.5 Å². The summed E-state index contributed by atoms with van der Waals surface area (Å²) in [5.74, 6) is 1.76. The number of hydrogen-bond acceptors (Lipinski definition) is 2. The summed E-state index contributed by atoms with van der Waals surface area (Å²) in [5.41, 5.74) is 6.36. The third-order valence-electron chi connectivity index (χ3n) is 13.2. The number of imidazole rings is 1. The third kappa shape index (κ3) is 8.03. The fourth-order valence-electron chi connectivity index (χ4n) is 10.0. The van der Waals surface area contributed by atoms with E-state index in [4.69, 9.17) is 13.8 Å². The van der Waals surface area contributed by atoms with E-state index in [9.17, 15) is 2.74 Å². The van der Waals surface area contributed by atoms with Crippen molar-refractivity contribution < 1.29 is 37.2 Å². The molecule has 0 fully saturated rings. The van der Waals surface area contributed by atoms with Gasteiger partial charge in [0.05, 0.1) is 23.6 Å². The molecule has 0 atom stereocenters. The Bertz CT molecular complexity index is 4040. The summed E-state index contributed by atoms with van der Waals surface area (Å²) in [6, 6.07) is 73.1. The largest absolute Gasteiger partial charge is 0.510 e. The predicted octanol–water partition coefficient (Wildman–Crippen LogP) is 11.9. The third-order valence-corrected chi connectivity index (χ3v) is 18.0. The van der Waals surface area contributed by atoms with Crippen LogP contribution < -0.4 is 30.1 Å². The molecule has 0 aliphatic heterocycles. The molecular formula is C64H48N4OPtSi-2. The minimum Gasteiger partial charge on any atom is -0.510 e. The Morgan fingerprint density at radius 2 is 1.21 bits per heavy atom. The van der Waals surface area contributed by atoms with Gasteiger partial charge in [-0.1, -0.05) is 208 Å². The Kier molecular flexibility index (Phi) is 10.6. The van der Waals surface area contributed by atoms with Gasteiger partial charge in [0.1, 0.15) is 5.82 Å². The number of ether oxygens (including phenoxy) is 1. The second kappa shape index (κ2) is 18.8. The maximum atomic E-state index is 9.42. The molecule has 7 heteroatoms. The molecule has 0 amide bonds. The second-order valence-electron chi connectivity index (χ2n) is 18.4. The summed E-state index contributed by atoms with van der Waals surface area (Å²) in [6.07, 6.45) is 5.61. The van der Waals surface area contributed by atoms with Gasteiger partial charge in [0.15, 0.2) is 8.07 Å². The first-order valence-electron chi connectivity index (χ1n) is 25.9. The Balaban J connectivity index is 0.00000616. The van der Waals surface area contributed by atoms with Crippen LogP contribution in [0.3, 0.4) is 0 Å². The molecule has 346 valence electrons. The fourth-order valence-corrected chi connectivity index (χ4v) is 15.0. The quantitative estimate of drug-likeness (QED) is 0.0592. The average Bonchev–Trinajstić information content (AvgIpc) is 4.04. The molecule has 5 nitrogen and oxygen atoms in total. The minimum atomic E-state index is -3.38. The van der Waals surface area contributed by atoms with E-state index in [-0.39, 0.29) is 44.1 Å². The SMILES string of the molecule is [2H]c1c([2H])c([2H])c(-c2cccc([Si](c3ccccc3)(c3ccccc3)c3ccccc3)c2-[n+]2[c-]n(-c3[c-]c(Oc4[c-]c5c(cc4)c4ccccc4n5-c4cc(C(C)(C)C)ccn4)ccc3)c3ccccc32)c([2H])c1[2H].[Pt]. The van der Waals surface area contributed by atoms with Crippen molar-refractivity contribution in [2.75, 3.05) is 0 Å². The molecule has 0 saturated heterocycles. The Morgan fingerprint density at radius 3 is 1.90 bits per heavy atom. The number of fused-ring (bicyclic) bond motifs is 4. The van der Waals surface area contributed by atoms with Crippen LogP contribution in [0.2, 0.25) is 0 Å². The molecular weight excluding hydrogens is 1060 g/mol. The first-order chi connectivity index (χ1) is 36.4. The van der Waals surface area contributed by atoms with Crippen LogP contribution in [0.5, 0.6) is 11.5 Å². The second-order valence-corrected chi connectivity index (χ2v) is 22.2. The summed E-state index contributed by atoms with van der Waals surface area (Å²) in [5, 5.41) is 6.36. The molecule has 12 aromatic rings. The van der Waals surface area contributed by atoms with Crippen molar-refractivity contribution in [1.29, 1.82) is 0 Å². The van der Waals surface area contributed by atoms with Gasteiger partial charge in [0.25, 0.3) is 6.33 Å². The molecule has 0 aliphatic carbocycles. The van der Waals surface area contributed by atoms with E-state index in [1.54, 1.807) is 0 Å². The molecule has 0 aliphatic rings. The molecule has 0 bridgehead atoms. The van der Waals surface area contributed by atoms with Gasteiger partial charge in [-0.25, -0.2) is 4.98 Å². The molecule has 3 aromatic heterocycles. The van der Waals surface area contributed by atoms with Crippen molar-refractivity contribution in [3.05, 3.63) is 261 Å². The van der Waals surface area contributed by atoms with Crippen molar-refractivity contribution in [1.82, 2.24) is 14.1 Å². The number of aromatic nitrogens is 4. The maximum Gasteiger partial charge on any atom is 0.268 e. The molecule has 71 heavy (non-hydrogen) atoms. The maximum absolute atomic E-state index is 9.42. The minimum absolute atomic E-state index is 0. The Morgan fingerprint density at radius 1 is 0.592 bits per heavy atom. The van der Waals surface area contributed by atoms with Crippen LogP contribution in [0.25, 0.3) is 61.2 Å². The molecule has 12 rings (SSSR count). The van der Waals surface area contributed by atoms with Gasteiger partial charge in [0, 0.05) is 44.3 Å². The van der Waals surface area contributed by atoms with E-state index in [0.29, 0.717) is 28.4 Å². The topological polar surface area (TPSA) is 35.9 Å². The molecule has 9 aromatic carbocycles. The summed E-state index contributed by atoms with van der Waals surface area (Å²) in [6.45, 7) is 6.60. The average molecular weight is 1120 g/mol. The van der Waals surface area contributed by atoms with Crippen LogP contribution in [0, 0.1) is 18.5 Å². The van der Waals surface area contributed by atoms with Crippen LogP contribution in [0.4, 0.5) is 0 Å². The summed E-state index contributed by atoms with van der Waals surface area (Å²) < 4.78 is 58.0. The summed E-state index contributed by atoms with van der Waals surface area (Å²) in [7, 11) is -3.38. The van der Waals surface area contributed by atoms with Crippen molar-refractivity contribution >= 4 is 61.7 Å². The standard InChI is InChI=1S/C64H48N4OSi.Pt/c1-64(2,3)47-40-41-65-62(42-47)68-57-34-17-16-32-55(57)56-39-38-50(44-60(56)68)69-49-25-20-24-48(43-49)66-45-67(59-36-19-18-35-58(59)66)63-54(46-22-8-4-9-23-46)33-21-37-61(63)70(51-26-10-5-11-27-51,52-28-12-6-13-29-52)53-30-14-7-15-31-53;/h4-42H,1-3H3;/q-2;/i4D,8D,9D,22D,23D;. The van der Waals surface area contributed by atoms with Crippen LogP contribution >= 0.6 is 0 Å². The number of rotatable bonds is 10. The van der Waals surface area contributed by atoms with E-state index >= 15 is 0 Å². The molecule has 0 N–H and O–H groups in total. The molecule has 3 heterocycles. The van der Waals surface area contributed by atoms with E-state index in [2.05, 4.69) is 153 Å². The van der Waals surface area contributed by atoms with Gasteiger partial charge < -0.3 is 13.9 Å². The van der Waals surface area contributed by atoms with Crippen LogP contribution in [0.15, 0.2) is 237 Å². The first kappa shape index (κ1) is 39.9. The molecule has 0 saturated carbocycles. The van der Waals surface area contributed by atoms with Gasteiger partial charge in [0.2, 0.25) is 0 Å². The van der Waals surface area contributed by atoms with Gasteiger partial charge in [-0.2, -0.15) is 18.2 Å². The number of pyridine rings is 1. The normalized spacial score (nSPS) is 12.7. The fraction of sp³-hybridized carbons (Fsp3) is 0.0625. The van der Waals surface area contributed by atoms with Gasteiger partial charge >= 0.3 is 0 Å². The molecule has 0 spiro atoms. The molecule has 0 unspecified atom stereocenters. The zero-order valence-corrected chi connectivity index (χ0v) is 42.4. The van der Waals surface area contributed by atoms with E-state index in [1.807, 2.05) is 106 Å². The van der Waals surface area contributed by atoms with Crippen molar-refractivity contribution in [3.63, 3.8) is 0 Å². The molecule has 0 radical (unpaired) electrons. The number of nitrogens with zero attached hydrogens (tertiary/aromatic N) is 4. The number of para-hydroxylation sites is 4. The summed E-state index contributed by atoms with van der Waals surface area (Å²) >= 11 is 0. The number of benzene rings is 9. The summed E-state index contributed by atoms with van der Waals surface area (Å²) in [4.78, 5) is 4.86. The van der Waals surface area contributed by atoms with E-state index in [1.165, 1.54) is 5.56 Å². The zero-order valence-electron chi connectivity index (χ0n) is 44.1. The van der Waals surface area contributed by atoms with Gasteiger partial charge in [-0.05, 0) is 72.1 Å². The van der Waals surface area contributed by atoms with Crippen LogP contribution in [-0.4, -0.2) is 22.2 Å². The Hall–Kier alpha value is -7.89. The van der Waals surface area contributed by atoms with E-state index in [0.717, 1.165) is 59.4 Å². The Labute approximate surface area is 437 Å². The van der Waals surface area contributed by atoms with E-state index < -0.39 is 26.2 Å². The predicted molar refractivity (Wildman–Crippen MR) is 288 cm³/mol. The van der Waals surface area contributed by atoms with Crippen molar-refractivity contribution in [2.24, 2.45) is 0 Å². The van der Waals surface area contributed by atoms with Gasteiger partial charge in [-0.3, -0.25) is 4.57 Å². The van der Waals surface area contributed by atoms with Gasteiger partial charge in [-0.15, -0.1) is 29.7 Å². The monoisotopic (exact) mass is 1120 g/mol. The van der Waals surface area contributed by atoms with Crippen LogP contribution in [0.1, 0.15) is 33.2 Å². The smallest absolute Gasteiger partial charge is 0.268 e. The zero-order chi connectivity index (χ0) is 51.6. The van der Waals surface area contributed by atoms with Crippen molar-refractivity contribution in [2.45, 2.75) is 26.2 Å². The first-order valence-corrected chi connectivity index (χ1v) is 25.4.